The monoisotopic (exact) mass is 522 g/mol. The summed E-state index contributed by atoms with van der Waals surface area (Å²) >= 11 is 0. The Bertz CT molecular complexity index is 1370. The van der Waals surface area contributed by atoms with Crippen LogP contribution in [0.5, 0.6) is 17.5 Å². The minimum atomic E-state index is -5.08. The van der Waals surface area contributed by atoms with Crippen molar-refractivity contribution in [1.29, 1.82) is 0 Å². The van der Waals surface area contributed by atoms with E-state index in [1.165, 1.54) is 4.57 Å². The number of carboxylic acid groups (broad SMARTS) is 1. The Morgan fingerprint density at radius 3 is 2.30 bits per heavy atom. The molecule has 0 atom stereocenters. The Hall–Kier alpha value is -4.25. The van der Waals surface area contributed by atoms with Gasteiger partial charge in [-0.15, -0.1) is 5.92 Å². The van der Waals surface area contributed by atoms with Crippen LogP contribution in [0.3, 0.4) is 0 Å². The van der Waals surface area contributed by atoms with Crippen molar-refractivity contribution in [3.05, 3.63) is 34.6 Å². The number of fused-ring (bicyclic) bond motifs is 1. The molecule has 1 aliphatic rings. The van der Waals surface area contributed by atoms with Crippen LogP contribution in [0.2, 0.25) is 0 Å². The third-order valence-corrected chi connectivity index (χ3v) is 5.25. The van der Waals surface area contributed by atoms with Crippen LogP contribution in [0.4, 0.5) is 19.1 Å². The van der Waals surface area contributed by atoms with Crippen LogP contribution < -0.4 is 25.2 Å². The first kappa shape index (κ1) is 27.3. The number of hydrogen-bond acceptors (Lipinski definition) is 8. The van der Waals surface area contributed by atoms with Gasteiger partial charge in [-0.1, -0.05) is 5.92 Å². The highest BCUT2D eigenvalue weighted by atomic mass is 19.4. The number of halogens is 3. The SMILES string of the molecule is CC#CCn1c(N2CCNCC2)nc2nc(Oc3ccc(OC)cc3)n(C)c(=O)c21.O=C(O)C(F)(F)F. The fourth-order valence-electron chi connectivity index (χ4n) is 3.38. The van der Waals surface area contributed by atoms with E-state index in [2.05, 4.69) is 32.0 Å². The van der Waals surface area contributed by atoms with Crippen molar-refractivity contribution >= 4 is 23.1 Å². The number of aromatic nitrogens is 4. The number of benzene rings is 1. The van der Waals surface area contributed by atoms with E-state index in [1.54, 1.807) is 45.3 Å². The number of aliphatic carboxylic acids is 1. The molecule has 198 valence electrons. The Balaban J connectivity index is 0.000000479. The zero-order valence-electron chi connectivity index (χ0n) is 20.3. The number of alkyl halides is 3. The maximum Gasteiger partial charge on any atom is 0.490 e. The maximum atomic E-state index is 13.2. The van der Waals surface area contributed by atoms with Gasteiger partial charge in [0.15, 0.2) is 11.2 Å². The number of rotatable bonds is 5. The van der Waals surface area contributed by atoms with Gasteiger partial charge in [-0.05, 0) is 31.2 Å². The molecule has 3 heterocycles. The normalized spacial score (nSPS) is 13.3. The number of piperazine rings is 1. The molecule has 3 aromatic rings. The van der Waals surface area contributed by atoms with Gasteiger partial charge >= 0.3 is 18.2 Å². The summed E-state index contributed by atoms with van der Waals surface area (Å²) in [6.07, 6.45) is -5.08. The molecule has 0 unspecified atom stereocenters. The van der Waals surface area contributed by atoms with Crippen molar-refractivity contribution in [1.82, 2.24) is 24.4 Å². The summed E-state index contributed by atoms with van der Waals surface area (Å²) in [5.41, 5.74) is 0.555. The molecule has 1 aliphatic heterocycles. The fraction of sp³-hybridized carbons (Fsp3) is 0.391. The van der Waals surface area contributed by atoms with Gasteiger partial charge in [0, 0.05) is 33.2 Å². The number of nitrogens with one attached hydrogen (secondary N) is 1. The zero-order valence-corrected chi connectivity index (χ0v) is 20.3. The predicted octanol–water partition coefficient (Wildman–Crippen LogP) is 2.00. The highest BCUT2D eigenvalue weighted by Gasteiger charge is 2.38. The van der Waals surface area contributed by atoms with Crippen LogP contribution in [0.15, 0.2) is 29.1 Å². The first-order valence-corrected chi connectivity index (χ1v) is 11.0. The van der Waals surface area contributed by atoms with Crippen molar-refractivity contribution < 1.29 is 32.5 Å². The van der Waals surface area contributed by atoms with Crippen molar-refractivity contribution in [2.75, 3.05) is 38.2 Å². The lowest BCUT2D eigenvalue weighted by Gasteiger charge is -2.28. The minimum absolute atomic E-state index is 0.177. The summed E-state index contributed by atoms with van der Waals surface area (Å²) in [5.74, 6) is 5.16. The van der Waals surface area contributed by atoms with Crippen LogP contribution in [0.1, 0.15) is 6.92 Å². The van der Waals surface area contributed by atoms with E-state index < -0.39 is 12.1 Å². The number of anilines is 1. The molecule has 0 spiro atoms. The molecule has 0 bridgehead atoms. The van der Waals surface area contributed by atoms with E-state index in [-0.39, 0.29) is 11.6 Å². The van der Waals surface area contributed by atoms with E-state index in [0.717, 1.165) is 31.9 Å². The number of carbonyl (C=O) groups is 1. The Morgan fingerprint density at radius 2 is 1.76 bits per heavy atom. The van der Waals surface area contributed by atoms with E-state index in [4.69, 9.17) is 19.4 Å². The molecule has 0 radical (unpaired) electrons. The fourth-order valence-corrected chi connectivity index (χ4v) is 3.38. The molecular formula is C23H25F3N6O5. The Morgan fingerprint density at radius 1 is 1.16 bits per heavy atom. The summed E-state index contributed by atoms with van der Waals surface area (Å²) in [5, 5.41) is 10.5. The standard InChI is InChI=1S/C21H24N6O3.C2HF3O2/c1-4-5-12-27-17-18(23-20(27)26-13-10-22-11-14-26)24-21(25(2)19(17)28)30-16-8-6-15(29-3)7-9-16;3-2(4,5)1(6)7/h6-9,22H,10-14H2,1-3H3;(H,6,7). The number of imidazole rings is 1. The lowest BCUT2D eigenvalue weighted by molar-refractivity contribution is -0.192. The highest BCUT2D eigenvalue weighted by molar-refractivity contribution is 5.75. The predicted molar refractivity (Wildman–Crippen MR) is 128 cm³/mol. The van der Waals surface area contributed by atoms with E-state index in [9.17, 15) is 18.0 Å². The Labute approximate surface area is 209 Å². The van der Waals surface area contributed by atoms with Gasteiger partial charge in [0.05, 0.1) is 13.7 Å². The van der Waals surface area contributed by atoms with Gasteiger partial charge < -0.3 is 24.8 Å². The van der Waals surface area contributed by atoms with E-state index in [1.807, 2.05) is 4.57 Å². The average molecular weight is 522 g/mol. The lowest BCUT2D eigenvalue weighted by atomic mass is 10.3. The van der Waals surface area contributed by atoms with Gasteiger partial charge in [0.2, 0.25) is 5.95 Å². The van der Waals surface area contributed by atoms with E-state index in [0.29, 0.717) is 29.4 Å². The second kappa shape index (κ2) is 11.7. The van der Waals surface area contributed by atoms with Gasteiger partial charge in [0.1, 0.15) is 11.5 Å². The van der Waals surface area contributed by atoms with E-state index >= 15 is 0 Å². The van der Waals surface area contributed by atoms with Crippen LogP contribution in [0, 0.1) is 11.8 Å². The molecule has 0 saturated carbocycles. The summed E-state index contributed by atoms with van der Waals surface area (Å²) in [6, 6.07) is 7.27. The van der Waals surface area contributed by atoms with Crippen molar-refractivity contribution in [3.8, 4) is 29.4 Å². The summed E-state index contributed by atoms with van der Waals surface area (Å²) in [7, 11) is 3.24. The molecule has 2 N–H and O–H groups in total. The third-order valence-electron chi connectivity index (χ3n) is 5.25. The summed E-state index contributed by atoms with van der Waals surface area (Å²) in [6.45, 7) is 5.49. The number of hydrogen-bond donors (Lipinski definition) is 2. The second-order valence-electron chi connectivity index (χ2n) is 7.67. The minimum Gasteiger partial charge on any atom is -0.497 e. The average Bonchev–Trinajstić information content (AvgIpc) is 3.25. The highest BCUT2D eigenvalue weighted by Crippen LogP contribution is 2.25. The van der Waals surface area contributed by atoms with Gasteiger partial charge in [-0.2, -0.15) is 23.1 Å². The van der Waals surface area contributed by atoms with Crippen LogP contribution in [0.25, 0.3) is 11.2 Å². The molecule has 11 nitrogen and oxygen atoms in total. The van der Waals surface area contributed by atoms with Gasteiger partial charge in [0.25, 0.3) is 5.56 Å². The maximum absolute atomic E-state index is 13.2. The van der Waals surface area contributed by atoms with Crippen LogP contribution in [-0.2, 0) is 18.4 Å². The molecule has 0 aliphatic carbocycles. The number of carboxylic acids is 1. The molecule has 1 fully saturated rings. The molecule has 0 amide bonds. The van der Waals surface area contributed by atoms with Crippen molar-refractivity contribution in [2.24, 2.45) is 7.05 Å². The zero-order chi connectivity index (χ0) is 27.2. The topological polar surface area (TPSA) is 124 Å². The second-order valence-corrected chi connectivity index (χ2v) is 7.67. The van der Waals surface area contributed by atoms with Crippen LogP contribution in [-0.4, -0.2) is 69.6 Å². The summed E-state index contributed by atoms with van der Waals surface area (Å²) in [4.78, 5) is 33.5. The first-order valence-electron chi connectivity index (χ1n) is 11.0. The molecule has 1 saturated heterocycles. The summed E-state index contributed by atoms with van der Waals surface area (Å²) < 4.78 is 46.0. The lowest BCUT2D eigenvalue weighted by Crippen LogP contribution is -2.44. The van der Waals surface area contributed by atoms with Crippen LogP contribution >= 0.6 is 0 Å². The quantitative estimate of drug-likeness (QED) is 0.484. The Kier molecular flexibility index (Phi) is 8.61. The van der Waals surface area contributed by atoms with Crippen molar-refractivity contribution in [3.63, 3.8) is 0 Å². The number of methoxy groups -OCH3 is 1. The third kappa shape index (κ3) is 6.50. The largest absolute Gasteiger partial charge is 0.497 e. The van der Waals surface area contributed by atoms with Gasteiger partial charge in [-0.25, -0.2) is 4.79 Å². The molecular weight excluding hydrogens is 497 g/mol. The first-order chi connectivity index (χ1) is 17.6. The molecule has 14 heteroatoms. The number of nitrogens with zero attached hydrogens (tertiary/aromatic N) is 5. The van der Waals surface area contributed by atoms with Gasteiger partial charge in [-0.3, -0.25) is 13.9 Å². The number of ether oxygens (including phenoxy) is 2. The molecule has 4 rings (SSSR count). The smallest absolute Gasteiger partial charge is 0.490 e. The van der Waals surface area contributed by atoms with Crippen molar-refractivity contribution in [2.45, 2.75) is 19.6 Å². The molecule has 1 aromatic carbocycles. The molecule has 37 heavy (non-hydrogen) atoms. The molecule has 2 aromatic heterocycles.